The predicted molar refractivity (Wildman–Crippen MR) is 51.7 cm³/mol. The first kappa shape index (κ1) is 11.0. The molecule has 1 fully saturated rings. The molecule has 1 amide bonds. The van der Waals surface area contributed by atoms with Crippen LogP contribution < -0.4 is 0 Å². The Hall–Kier alpha value is -1.06. The van der Waals surface area contributed by atoms with Crippen molar-refractivity contribution in [1.29, 1.82) is 0 Å². The van der Waals surface area contributed by atoms with Gasteiger partial charge in [-0.1, -0.05) is 12.8 Å². The summed E-state index contributed by atoms with van der Waals surface area (Å²) in [5.74, 6) is -0.509. The van der Waals surface area contributed by atoms with E-state index in [9.17, 15) is 9.59 Å². The van der Waals surface area contributed by atoms with Crippen molar-refractivity contribution in [3.05, 3.63) is 0 Å². The summed E-state index contributed by atoms with van der Waals surface area (Å²) >= 11 is 0. The SMILES string of the molecule is CC(=O)OCC(=O)N(C)C1CCCC1. The van der Waals surface area contributed by atoms with Gasteiger partial charge in [0.2, 0.25) is 0 Å². The summed E-state index contributed by atoms with van der Waals surface area (Å²) in [5.41, 5.74) is 0. The van der Waals surface area contributed by atoms with Crippen LogP contribution in [0.1, 0.15) is 32.6 Å². The van der Waals surface area contributed by atoms with Crippen LogP contribution in [0.3, 0.4) is 0 Å². The van der Waals surface area contributed by atoms with E-state index in [0.29, 0.717) is 6.04 Å². The molecule has 0 N–H and O–H groups in total. The lowest BCUT2D eigenvalue weighted by Crippen LogP contribution is -2.37. The minimum absolute atomic E-state index is 0.105. The van der Waals surface area contributed by atoms with Gasteiger partial charge >= 0.3 is 5.97 Å². The van der Waals surface area contributed by atoms with Crippen LogP contribution in [0.5, 0.6) is 0 Å². The third kappa shape index (κ3) is 3.01. The first-order valence-electron chi connectivity index (χ1n) is 5.00. The van der Waals surface area contributed by atoms with Gasteiger partial charge in [0.25, 0.3) is 5.91 Å². The molecule has 0 aromatic carbocycles. The molecule has 4 nitrogen and oxygen atoms in total. The van der Waals surface area contributed by atoms with Crippen LogP contribution in [0.2, 0.25) is 0 Å². The molecule has 0 radical (unpaired) electrons. The van der Waals surface area contributed by atoms with Crippen molar-refractivity contribution in [3.63, 3.8) is 0 Å². The van der Waals surface area contributed by atoms with Crippen LogP contribution >= 0.6 is 0 Å². The van der Waals surface area contributed by atoms with Crippen molar-refractivity contribution in [2.45, 2.75) is 38.6 Å². The second-order valence-corrected chi connectivity index (χ2v) is 3.72. The summed E-state index contributed by atoms with van der Waals surface area (Å²) in [6.45, 7) is 1.19. The number of likely N-dealkylation sites (N-methyl/N-ethyl adjacent to an activating group) is 1. The Morgan fingerprint density at radius 3 is 2.43 bits per heavy atom. The van der Waals surface area contributed by atoms with Crippen LogP contribution in [-0.4, -0.2) is 36.5 Å². The lowest BCUT2D eigenvalue weighted by atomic mass is 10.2. The van der Waals surface area contributed by atoms with Crippen LogP contribution in [0.25, 0.3) is 0 Å². The van der Waals surface area contributed by atoms with Gasteiger partial charge < -0.3 is 9.64 Å². The van der Waals surface area contributed by atoms with Crippen molar-refractivity contribution < 1.29 is 14.3 Å². The van der Waals surface area contributed by atoms with Gasteiger partial charge in [0.05, 0.1) is 0 Å². The molecule has 14 heavy (non-hydrogen) atoms. The van der Waals surface area contributed by atoms with Crippen LogP contribution in [0, 0.1) is 0 Å². The molecule has 1 aliphatic rings. The molecule has 0 spiro atoms. The van der Waals surface area contributed by atoms with Gasteiger partial charge in [-0.3, -0.25) is 9.59 Å². The first-order valence-corrected chi connectivity index (χ1v) is 5.00. The zero-order valence-corrected chi connectivity index (χ0v) is 8.78. The minimum Gasteiger partial charge on any atom is -0.456 e. The molecular weight excluding hydrogens is 182 g/mol. The number of ether oxygens (including phenoxy) is 1. The topological polar surface area (TPSA) is 46.6 Å². The van der Waals surface area contributed by atoms with Crippen molar-refractivity contribution in [1.82, 2.24) is 4.90 Å². The van der Waals surface area contributed by atoms with E-state index in [2.05, 4.69) is 4.74 Å². The van der Waals surface area contributed by atoms with E-state index in [1.165, 1.54) is 19.8 Å². The number of hydrogen-bond donors (Lipinski definition) is 0. The second-order valence-electron chi connectivity index (χ2n) is 3.72. The quantitative estimate of drug-likeness (QED) is 0.636. The summed E-state index contributed by atoms with van der Waals surface area (Å²) in [4.78, 5) is 23.7. The molecule has 0 unspecified atom stereocenters. The Labute approximate surface area is 84.2 Å². The van der Waals surface area contributed by atoms with E-state index in [-0.39, 0.29) is 12.5 Å². The van der Waals surface area contributed by atoms with Gasteiger partial charge in [0, 0.05) is 20.0 Å². The summed E-state index contributed by atoms with van der Waals surface area (Å²) < 4.78 is 4.65. The van der Waals surface area contributed by atoms with Crippen molar-refractivity contribution in [2.75, 3.05) is 13.7 Å². The lowest BCUT2D eigenvalue weighted by Gasteiger charge is -2.23. The van der Waals surface area contributed by atoms with E-state index in [0.717, 1.165) is 12.8 Å². The van der Waals surface area contributed by atoms with Crippen molar-refractivity contribution in [2.24, 2.45) is 0 Å². The van der Waals surface area contributed by atoms with Crippen LogP contribution in [-0.2, 0) is 14.3 Å². The zero-order chi connectivity index (χ0) is 10.6. The first-order chi connectivity index (χ1) is 6.61. The Kier molecular flexibility index (Phi) is 3.92. The van der Waals surface area contributed by atoms with E-state index < -0.39 is 5.97 Å². The summed E-state index contributed by atoms with van der Waals surface area (Å²) in [6, 6.07) is 0.345. The van der Waals surface area contributed by atoms with Gasteiger partial charge in [-0.2, -0.15) is 0 Å². The van der Waals surface area contributed by atoms with Gasteiger partial charge in [0.15, 0.2) is 6.61 Å². The molecule has 0 aromatic heterocycles. The highest BCUT2D eigenvalue weighted by molar-refractivity contribution is 5.80. The fourth-order valence-electron chi connectivity index (χ4n) is 1.76. The lowest BCUT2D eigenvalue weighted by molar-refractivity contribution is -0.150. The molecule has 1 saturated carbocycles. The molecule has 0 bridgehead atoms. The molecule has 0 heterocycles. The number of amides is 1. The van der Waals surface area contributed by atoms with Gasteiger partial charge in [0.1, 0.15) is 0 Å². The number of hydrogen-bond acceptors (Lipinski definition) is 3. The fraction of sp³-hybridized carbons (Fsp3) is 0.800. The summed E-state index contributed by atoms with van der Waals surface area (Å²) in [7, 11) is 1.78. The Morgan fingerprint density at radius 2 is 1.93 bits per heavy atom. The smallest absolute Gasteiger partial charge is 0.303 e. The highest BCUT2D eigenvalue weighted by Crippen LogP contribution is 2.22. The number of carbonyl (C=O) groups excluding carboxylic acids is 2. The number of rotatable bonds is 3. The maximum absolute atomic E-state index is 11.5. The van der Waals surface area contributed by atoms with Crippen molar-refractivity contribution in [3.8, 4) is 0 Å². The molecule has 80 valence electrons. The average molecular weight is 199 g/mol. The minimum atomic E-state index is -0.404. The monoisotopic (exact) mass is 199 g/mol. The van der Waals surface area contributed by atoms with Crippen molar-refractivity contribution >= 4 is 11.9 Å². The fourth-order valence-corrected chi connectivity index (χ4v) is 1.76. The molecular formula is C10H17NO3. The molecule has 4 heteroatoms. The third-order valence-electron chi connectivity index (χ3n) is 2.66. The second kappa shape index (κ2) is 4.98. The predicted octanol–water partition coefficient (Wildman–Crippen LogP) is 0.950. The molecule has 1 aliphatic carbocycles. The van der Waals surface area contributed by atoms with E-state index >= 15 is 0 Å². The maximum atomic E-state index is 11.5. The summed E-state index contributed by atoms with van der Waals surface area (Å²) in [5, 5.41) is 0. The molecule has 0 aliphatic heterocycles. The molecule has 0 atom stereocenters. The number of nitrogens with zero attached hydrogens (tertiary/aromatic N) is 1. The normalized spacial score (nSPS) is 16.7. The summed E-state index contributed by atoms with van der Waals surface area (Å²) in [6.07, 6.45) is 4.52. The van der Waals surface area contributed by atoms with E-state index in [4.69, 9.17) is 0 Å². The Bertz CT molecular complexity index is 221. The Morgan fingerprint density at radius 1 is 1.36 bits per heavy atom. The Balaban J connectivity index is 2.31. The molecule has 0 saturated heterocycles. The van der Waals surface area contributed by atoms with Gasteiger partial charge in [-0.05, 0) is 12.8 Å². The molecule has 1 rings (SSSR count). The van der Waals surface area contributed by atoms with Crippen LogP contribution in [0.15, 0.2) is 0 Å². The number of esters is 1. The third-order valence-corrected chi connectivity index (χ3v) is 2.66. The standard InChI is InChI=1S/C10H17NO3/c1-8(12)14-7-10(13)11(2)9-5-3-4-6-9/h9H,3-7H2,1-2H3. The zero-order valence-electron chi connectivity index (χ0n) is 8.78. The largest absolute Gasteiger partial charge is 0.456 e. The van der Waals surface area contributed by atoms with Crippen LogP contribution in [0.4, 0.5) is 0 Å². The molecule has 0 aromatic rings. The maximum Gasteiger partial charge on any atom is 0.303 e. The van der Waals surface area contributed by atoms with Gasteiger partial charge in [-0.15, -0.1) is 0 Å². The van der Waals surface area contributed by atoms with E-state index in [1.807, 2.05) is 0 Å². The van der Waals surface area contributed by atoms with E-state index in [1.54, 1.807) is 11.9 Å². The van der Waals surface area contributed by atoms with Gasteiger partial charge in [-0.25, -0.2) is 0 Å². The highest BCUT2D eigenvalue weighted by Gasteiger charge is 2.23. The highest BCUT2D eigenvalue weighted by atomic mass is 16.5. The average Bonchev–Trinajstić information content (AvgIpc) is 2.65. The number of carbonyl (C=O) groups is 2.